The summed E-state index contributed by atoms with van der Waals surface area (Å²) in [5.74, 6) is 0. The number of H-pyrrole nitrogens is 1. The molecule has 0 aliphatic heterocycles. The molecule has 56 valence electrons. The Hall–Kier alpha value is -0.680. The lowest BCUT2D eigenvalue weighted by atomic mass is 10.5. The highest BCUT2D eigenvalue weighted by Gasteiger charge is 1.98. The molecule has 2 aromatic rings. The Bertz CT molecular complexity index is 444. The van der Waals surface area contributed by atoms with Crippen molar-refractivity contribution in [3.05, 3.63) is 27.7 Å². The third-order valence-electron chi connectivity index (χ3n) is 1.43. The highest BCUT2D eigenvalue weighted by molar-refractivity contribution is 9.10. The van der Waals surface area contributed by atoms with Crippen molar-refractivity contribution in [2.45, 2.75) is 0 Å². The van der Waals surface area contributed by atoms with E-state index in [4.69, 9.17) is 12.2 Å². The molecule has 2 aromatic heterocycles. The van der Waals surface area contributed by atoms with Crippen LogP contribution in [-0.4, -0.2) is 14.6 Å². The van der Waals surface area contributed by atoms with Crippen LogP contribution < -0.4 is 0 Å². The van der Waals surface area contributed by atoms with Gasteiger partial charge in [-0.15, -0.1) is 0 Å². The maximum Gasteiger partial charge on any atom is 0.198 e. The summed E-state index contributed by atoms with van der Waals surface area (Å²) < 4.78 is 3.23. The van der Waals surface area contributed by atoms with Gasteiger partial charge in [-0.2, -0.15) is 5.10 Å². The Kier molecular flexibility index (Phi) is 1.54. The Morgan fingerprint density at radius 2 is 2.45 bits per heavy atom. The Labute approximate surface area is 76.2 Å². The van der Waals surface area contributed by atoms with Crippen LogP contribution >= 0.6 is 28.1 Å². The number of hydrogen-bond donors (Lipinski definition) is 1. The molecule has 0 fully saturated rings. The molecule has 2 heterocycles. The fraction of sp³-hybridized carbons (Fsp3) is 0. The number of nitrogens with one attached hydrogen (secondary N) is 1. The average molecular weight is 230 g/mol. The molecular weight excluding hydrogens is 226 g/mol. The van der Waals surface area contributed by atoms with Crippen LogP contribution in [0.25, 0.3) is 5.52 Å². The smallest absolute Gasteiger partial charge is 0.198 e. The van der Waals surface area contributed by atoms with E-state index >= 15 is 0 Å². The zero-order chi connectivity index (χ0) is 7.84. The number of aromatic nitrogens is 3. The molecule has 0 aliphatic carbocycles. The predicted octanol–water partition coefficient (Wildman–Crippen LogP) is 2.15. The molecule has 0 aliphatic rings. The van der Waals surface area contributed by atoms with Gasteiger partial charge < -0.3 is 0 Å². The molecule has 0 spiro atoms. The van der Waals surface area contributed by atoms with E-state index in [1.54, 1.807) is 0 Å². The van der Waals surface area contributed by atoms with Gasteiger partial charge in [0.2, 0.25) is 0 Å². The second-order valence-corrected chi connectivity index (χ2v) is 3.22. The van der Waals surface area contributed by atoms with E-state index in [1.807, 2.05) is 22.7 Å². The van der Waals surface area contributed by atoms with Crippen molar-refractivity contribution < 1.29 is 0 Å². The van der Waals surface area contributed by atoms with Crippen LogP contribution in [0.1, 0.15) is 0 Å². The second-order valence-electron chi connectivity index (χ2n) is 2.08. The van der Waals surface area contributed by atoms with E-state index in [0.29, 0.717) is 4.77 Å². The van der Waals surface area contributed by atoms with Crippen LogP contribution in [0.3, 0.4) is 0 Å². The van der Waals surface area contributed by atoms with Crippen LogP contribution in [0.5, 0.6) is 0 Å². The molecule has 0 bridgehead atoms. The minimum absolute atomic E-state index is 0.605. The minimum atomic E-state index is 0.605. The van der Waals surface area contributed by atoms with E-state index in [1.165, 1.54) is 0 Å². The number of hydrogen-bond acceptors (Lipinski definition) is 2. The highest BCUT2D eigenvalue weighted by atomic mass is 79.9. The van der Waals surface area contributed by atoms with Gasteiger partial charge in [0.05, 0.1) is 5.52 Å². The quantitative estimate of drug-likeness (QED) is 0.703. The minimum Gasteiger partial charge on any atom is -0.290 e. The van der Waals surface area contributed by atoms with Crippen molar-refractivity contribution >= 4 is 33.7 Å². The number of fused-ring (bicyclic) bond motifs is 1. The largest absolute Gasteiger partial charge is 0.290 e. The zero-order valence-corrected chi connectivity index (χ0v) is 7.82. The van der Waals surface area contributed by atoms with Crippen LogP contribution in [0, 0.1) is 4.77 Å². The first-order valence-electron chi connectivity index (χ1n) is 3.00. The summed E-state index contributed by atoms with van der Waals surface area (Å²) in [6, 6.07) is 3.87. The Morgan fingerprint density at radius 1 is 1.64 bits per heavy atom. The van der Waals surface area contributed by atoms with Gasteiger partial charge in [-0.1, -0.05) is 0 Å². The predicted molar refractivity (Wildman–Crippen MR) is 48.1 cm³/mol. The average Bonchev–Trinajstić information content (AvgIpc) is 2.45. The van der Waals surface area contributed by atoms with Gasteiger partial charge in [0.1, 0.15) is 4.60 Å². The molecule has 0 radical (unpaired) electrons. The molecule has 0 amide bonds. The normalized spacial score (nSPS) is 10.6. The maximum absolute atomic E-state index is 4.99. The zero-order valence-electron chi connectivity index (χ0n) is 5.41. The summed E-state index contributed by atoms with van der Waals surface area (Å²) in [5, 5.41) is 6.66. The lowest BCUT2D eigenvalue weighted by molar-refractivity contribution is 0.910. The first-order valence-corrected chi connectivity index (χ1v) is 4.20. The van der Waals surface area contributed by atoms with Crippen molar-refractivity contribution in [3.8, 4) is 0 Å². The van der Waals surface area contributed by atoms with E-state index in [-0.39, 0.29) is 0 Å². The first kappa shape index (κ1) is 7.00. The number of rotatable bonds is 0. The Balaban J connectivity index is 3.08. The standard InChI is InChI=1S/C6H4BrN3S/c7-5-4-2-1-3-10(4)6(11)9-8-5/h1-3H,(H,9,11). The molecule has 0 saturated heterocycles. The number of nitrogens with zero attached hydrogens (tertiary/aromatic N) is 2. The van der Waals surface area contributed by atoms with Gasteiger partial charge >= 0.3 is 0 Å². The number of aromatic amines is 1. The van der Waals surface area contributed by atoms with Gasteiger partial charge in [0, 0.05) is 6.20 Å². The maximum atomic E-state index is 4.99. The summed E-state index contributed by atoms with van der Waals surface area (Å²) >= 11 is 8.29. The van der Waals surface area contributed by atoms with Crippen molar-refractivity contribution in [1.29, 1.82) is 0 Å². The highest BCUT2D eigenvalue weighted by Crippen LogP contribution is 2.13. The van der Waals surface area contributed by atoms with E-state index in [0.717, 1.165) is 10.1 Å². The van der Waals surface area contributed by atoms with Crippen molar-refractivity contribution in [2.24, 2.45) is 0 Å². The summed E-state index contributed by atoms with van der Waals surface area (Å²) in [6.07, 6.45) is 1.89. The first-order chi connectivity index (χ1) is 5.29. The molecule has 0 aromatic carbocycles. The third-order valence-corrected chi connectivity index (χ3v) is 2.30. The monoisotopic (exact) mass is 229 g/mol. The van der Waals surface area contributed by atoms with Crippen molar-refractivity contribution in [3.63, 3.8) is 0 Å². The summed E-state index contributed by atoms with van der Waals surface area (Å²) in [7, 11) is 0. The van der Waals surface area contributed by atoms with Crippen molar-refractivity contribution in [2.75, 3.05) is 0 Å². The lowest BCUT2D eigenvalue weighted by Gasteiger charge is -1.94. The molecule has 1 N–H and O–H groups in total. The lowest BCUT2D eigenvalue weighted by Crippen LogP contribution is -1.92. The molecule has 2 rings (SSSR count). The van der Waals surface area contributed by atoms with Crippen LogP contribution in [0.15, 0.2) is 22.9 Å². The van der Waals surface area contributed by atoms with E-state index in [9.17, 15) is 0 Å². The molecule has 3 nitrogen and oxygen atoms in total. The van der Waals surface area contributed by atoms with Gasteiger partial charge in [-0.25, -0.2) is 0 Å². The SMILES string of the molecule is S=c1[nH]nc(Br)c2cccn12. The molecular formula is C6H4BrN3S. The van der Waals surface area contributed by atoms with E-state index < -0.39 is 0 Å². The number of halogens is 1. The van der Waals surface area contributed by atoms with Gasteiger partial charge in [0.25, 0.3) is 0 Å². The van der Waals surface area contributed by atoms with Crippen LogP contribution in [0.4, 0.5) is 0 Å². The van der Waals surface area contributed by atoms with E-state index in [2.05, 4.69) is 26.1 Å². The van der Waals surface area contributed by atoms with Crippen molar-refractivity contribution in [1.82, 2.24) is 14.6 Å². The fourth-order valence-corrected chi connectivity index (χ4v) is 1.55. The van der Waals surface area contributed by atoms with Gasteiger partial charge in [-0.05, 0) is 40.3 Å². The molecule has 5 heteroatoms. The molecule has 11 heavy (non-hydrogen) atoms. The summed E-state index contributed by atoms with van der Waals surface area (Å²) in [6.45, 7) is 0. The van der Waals surface area contributed by atoms with Crippen LogP contribution in [0.2, 0.25) is 0 Å². The van der Waals surface area contributed by atoms with Crippen LogP contribution in [-0.2, 0) is 0 Å². The topological polar surface area (TPSA) is 33.1 Å². The molecule has 0 atom stereocenters. The second kappa shape index (κ2) is 2.42. The Morgan fingerprint density at radius 3 is 3.18 bits per heavy atom. The fourth-order valence-electron chi connectivity index (χ4n) is 0.934. The molecule has 0 unspecified atom stereocenters. The third kappa shape index (κ3) is 1.00. The van der Waals surface area contributed by atoms with Gasteiger partial charge in [0.15, 0.2) is 4.77 Å². The van der Waals surface area contributed by atoms with Gasteiger partial charge in [-0.3, -0.25) is 9.50 Å². The molecule has 0 saturated carbocycles. The summed E-state index contributed by atoms with van der Waals surface area (Å²) in [4.78, 5) is 0. The summed E-state index contributed by atoms with van der Waals surface area (Å²) in [5.41, 5.74) is 0.980.